The van der Waals surface area contributed by atoms with E-state index >= 15 is 8.78 Å². The van der Waals surface area contributed by atoms with Crippen LogP contribution in [0.2, 0.25) is 0 Å². The van der Waals surface area contributed by atoms with Gasteiger partial charge in [-0.15, -0.1) is 23.2 Å². The summed E-state index contributed by atoms with van der Waals surface area (Å²) in [7, 11) is 0. The Bertz CT molecular complexity index is 2280. The Kier molecular flexibility index (Phi) is 7.97. The van der Waals surface area contributed by atoms with Crippen LogP contribution >= 0.6 is 23.2 Å². The molecule has 0 spiro atoms. The van der Waals surface area contributed by atoms with E-state index in [0.29, 0.717) is 5.69 Å². The number of nitrogens with one attached hydrogen (secondary N) is 1. The number of benzene rings is 4. The number of nitrogens with zero attached hydrogens (tertiary/aromatic N) is 2. The molecule has 1 saturated carbocycles. The van der Waals surface area contributed by atoms with Crippen molar-refractivity contribution in [2.45, 2.75) is 28.5 Å². The number of allylic oxidation sites excluding steroid dienone is 2. The zero-order chi connectivity index (χ0) is 37.7. The lowest BCUT2D eigenvalue weighted by Crippen LogP contribution is -2.60. The summed E-state index contributed by atoms with van der Waals surface area (Å²) < 4.78 is 73.3. The number of imide groups is 2. The molecule has 8 nitrogen and oxygen atoms in total. The topological polar surface area (TPSA) is 107 Å². The second-order valence-corrected chi connectivity index (χ2v) is 14.6. The Hall–Kier alpha value is -5.27. The van der Waals surface area contributed by atoms with Gasteiger partial charge in [0.15, 0.2) is 33.0 Å². The maximum Gasteiger partial charge on any atom is 0.258 e. The molecule has 0 bridgehead atoms. The molecule has 4 aromatic carbocycles. The van der Waals surface area contributed by atoms with Gasteiger partial charge in [-0.25, -0.2) is 26.9 Å². The number of amides is 4. The van der Waals surface area contributed by atoms with Gasteiger partial charge in [-0.1, -0.05) is 42.0 Å². The van der Waals surface area contributed by atoms with Crippen molar-refractivity contribution >= 4 is 69.6 Å². The van der Waals surface area contributed by atoms with Gasteiger partial charge in [0, 0.05) is 17.3 Å². The lowest BCUT2D eigenvalue weighted by molar-refractivity contribution is -0.125. The van der Waals surface area contributed by atoms with E-state index in [-0.39, 0.29) is 33.9 Å². The standard InChI is InChI=1S/C38H24Cl2F5N3O5/c39-37-16-24-22(13-14-23-25(24)34(51)47(33(23)50)20-11-9-19(10-12-20)46-18-6-2-1-3-7-18)26(17-5-4-8-21(49)15-17)38(37,40)36(53)48(35(37)52)32-30(44)28(42)27(41)29(43)31(32)45/h1-13,15,23-26,46,49H,14,16H2. The van der Waals surface area contributed by atoms with Crippen LogP contribution < -0.4 is 15.1 Å². The molecule has 0 aromatic heterocycles. The summed E-state index contributed by atoms with van der Waals surface area (Å²) in [6.07, 6.45) is 0.928. The van der Waals surface area contributed by atoms with Gasteiger partial charge < -0.3 is 10.4 Å². The van der Waals surface area contributed by atoms with Crippen LogP contribution in [-0.2, 0) is 19.2 Å². The summed E-state index contributed by atoms with van der Waals surface area (Å²) in [5.74, 6) is -21.6. The fourth-order valence-electron chi connectivity index (χ4n) is 8.28. The largest absolute Gasteiger partial charge is 0.508 e. The Morgan fingerprint density at radius 2 is 1.32 bits per heavy atom. The number of halogens is 7. The number of carbonyl (C=O) groups is 4. The van der Waals surface area contributed by atoms with E-state index in [1.165, 1.54) is 24.3 Å². The lowest BCUT2D eigenvalue weighted by atomic mass is 9.56. The van der Waals surface area contributed by atoms with Gasteiger partial charge in [-0.3, -0.25) is 24.1 Å². The van der Waals surface area contributed by atoms with Crippen molar-refractivity contribution in [1.29, 1.82) is 0 Å². The van der Waals surface area contributed by atoms with Crippen LogP contribution in [0.5, 0.6) is 5.75 Å². The molecule has 2 heterocycles. The number of carbonyl (C=O) groups excluding carboxylic acids is 4. The average Bonchev–Trinajstić information content (AvgIpc) is 3.48. The van der Waals surface area contributed by atoms with Crippen molar-refractivity contribution in [2.75, 3.05) is 15.1 Å². The molecule has 6 atom stereocenters. The lowest BCUT2D eigenvalue weighted by Gasteiger charge is -2.50. The molecule has 0 radical (unpaired) electrons. The summed E-state index contributed by atoms with van der Waals surface area (Å²) in [5, 5.41) is 13.7. The van der Waals surface area contributed by atoms with Crippen molar-refractivity contribution in [3.05, 3.63) is 125 Å². The van der Waals surface area contributed by atoms with Gasteiger partial charge in [0.2, 0.25) is 17.6 Å². The van der Waals surface area contributed by atoms with E-state index in [1.807, 2.05) is 30.3 Å². The van der Waals surface area contributed by atoms with Crippen LogP contribution in [0.4, 0.5) is 44.7 Å². The van der Waals surface area contributed by atoms with E-state index in [4.69, 9.17) is 23.2 Å². The van der Waals surface area contributed by atoms with Crippen molar-refractivity contribution < 1.29 is 46.2 Å². The Balaban J connectivity index is 1.22. The maximum absolute atomic E-state index is 15.2. The van der Waals surface area contributed by atoms with E-state index in [2.05, 4.69) is 5.32 Å². The third-order valence-corrected chi connectivity index (χ3v) is 12.0. The predicted octanol–water partition coefficient (Wildman–Crippen LogP) is 7.60. The van der Waals surface area contributed by atoms with Crippen LogP contribution in [0, 0.1) is 46.8 Å². The van der Waals surface area contributed by atoms with Gasteiger partial charge >= 0.3 is 0 Å². The molecule has 4 amide bonds. The van der Waals surface area contributed by atoms with E-state index in [0.717, 1.165) is 10.6 Å². The predicted molar refractivity (Wildman–Crippen MR) is 183 cm³/mol. The first-order chi connectivity index (χ1) is 25.2. The zero-order valence-corrected chi connectivity index (χ0v) is 28.4. The van der Waals surface area contributed by atoms with Crippen molar-refractivity contribution in [3.63, 3.8) is 0 Å². The Morgan fingerprint density at radius 1 is 0.698 bits per heavy atom. The van der Waals surface area contributed by atoms with E-state index < -0.39 is 98.2 Å². The van der Waals surface area contributed by atoms with Gasteiger partial charge in [0.25, 0.3) is 11.8 Å². The average molecular weight is 769 g/mol. The van der Waals surface area contributed by atoms with Crippen LogP contribution in [0.3, 0.4) is 0 Å². The number of phenolic OH excluding ortho intramolecular Hbond substituents is 1. The first-order valence-corrected chi connectivity index (χ1v) is 17.0. The molecule has 8 rings (SSSR count). The highest BCUT2D eigenvalue weighted by molar-refractivity contribution is 6.58. The number of hydrogen-bond donors (Lipinski definition) is 2. The number of hydrogen-bond acceptors (Lipinski definition) is 6. The monoisotopic (exact) mass is 767 g/mol. The highest BCUT2D eigenvalue weighted by atomic mass is 35.5. The molecule has 4 aliphatic rings. The number of para-hydroxylation sites is 1. The van der Waals surface area contributed by atoms with Crippen LogP contribution in [0.1, 0.15) is 24.3 Å². The first kappa shape index (κ1) is 34.8. The van der Waals surface area contributed by atoms with Gasteiger partial charge in [0.05, 0.1) is 17.5 Å². The molecular formula is C38H24Cl2F5N3O5. The molecule has 2 aliphatic heterocycles. The number of rotatable bonds is 5. The Labute approximate surface area is 307 Å². The molecule has 270 valence electrons. The van der Waals surface area contributed by atoms with Crippen molar-refractivity contribution in [3.8, 4) is 5.75 Å². The van der Waals surface area contributed by atoms with Crippen LogP contribution in [-0.4, -0.2) is 38.5 Å². The second-order valence-electron chi connectivity index (χ2n) is 13.3. The molecule has 53 heavy (non-hydrogen) atoms. The maximum atomic E-state index is 15.2. The molecule has 2 aliphatic carbocycles. The van der Waals surface area contributed by atoms with Gasteiger partial charge in [-0.2, -0.15) is 0 Å². The minimum absolute atomic E-state index is 0.0215. The molecule has 2 N–H and O–H groups in total. The zero-order valence-electron chi connectivity index (χ0n) is 26.9. The SMILES string of the molecule is O=C1C2CC=C3C(CC4(Cl)C(=O)N(c5c(F)c(F)c(F)c(F)c5F)C(=O)C4(Cl)C3c3cccc(O)c3)C2C(=O)N1c1ccc(Nc2ccccc2)cc1. The van der Waals surface area contributed by atoms with Crippen molar-refractivity contribution in [1.82, 2.24) is 0 Å². The third-order valence-electron chi connectivity index (χ3n) is 10.6. The second kappa shape index (κ2) is 12.1. The quantitative estimate of drug-likeness (QED) is 0.0542. The fraction of sp³-hybridized carbons (Fsp3) is 0.211. The third kappa shape index (κ3) is 4.79. The molecule has 4 aromatic rings. The molecule has 3 fully saturated rings. The highest BCUT2D eigenvalue weighted by Gasteiger charge is 2.77. The number of alkyl halides is 2. The van der Waals surface area contributed by atoms with Crippen LogP contribution in [0.25, 0.3) is 0 Å². The minimum atomic E-state index is -2.68. The smallest absolute Gasteiger partial charge is 0.258 e. The molecular weight excluding hydrogens is 744 g/mol. The molecule has 2 saturated heterocycles. The van der Waals surface area contributed by atoms with E-state index in [9.17, 15) is 37.5 Å². The molecule has 15 heteroatoms. The number of aromatic hydroxyl groups is 1. The van der Waals surface area contributed by atoms with Gasteiger partial charge in [0.1, 0.15) is 11.4 Å². The van der Waals surface area contributed by atoms with Crippen molar-refractivity contribution in [2.24, 2.45) is 17.8 Å². The molecule has 6 unspecified atom stereocenters. The summed E-state index contributed by atoms with van der Waals surface area (Å²) >= 11 is 14.2. The van der Waals surface area contributed by atoms with Crippen LogP contribution in [0.15, 0.2) is 90.5 Å². The Morgan fingerprint density at radius 3 is 1.96 bits per heavy atom. The number of anilines is 4. The summed E-state index contributed by atoms with van der Waals surface area (Å²) in [6.45, 7) is 0. The van der Waals surface area contributed by atoms with Gasteiger partial charge in [-0.05, 0) is 72.9 Å². The summed E-state index contributed by atoms with van der Waals surface area (Å²) in [6, 6.07) is 21.1. The van der Waals surface area contributed by atoms with E-state index in [1.54, 1.807) is 30.3 Å². The number of fused-ring (bicyclic) bond motifs is 4. The highest BCUT2D eigenvalue weighted by Crippen LogP contribution is 2.66. The first-order valence-electron chi connectivity index (χ1n) is 16.3. The normalized spacial score (nSPS) is 27.8. The fourth-order valence-corrected chi connectivity index (χ4v) is 9.22. The summed E-state index contributed by atoms with van der Waals surface area (Å²) in [4.78, 5) is 52.4. The minimum Gasteiger partial charge on any atom is -0.508 e. The number of phenols is 1. The summed E-state index contributed by atoms with van der Waals surface area (Å²) in [5.41, 5.74) is 0.238.